The number of hydrogen-bond donors (Lipinski definition) is 0. The molecule has 0 radical (unpaired) electrons. The topological polar surface area (TPSA) is 87.5 Å². The average Bonchev–Trinajstić information content (AvgIpc) is 2.61. The van der Waals surface area contributed by atoms with E-state index < -0.39 is 26.5 Å². The van der Waals surface area contributed by atoms with Crippen LogP contribution in [-0.4, -0.2) is 21.5 Å². The monoisotopic (exact) mass is 358 g/mol. The van der Waals surface area contributed by atoms with Gasteiger partial charge in [-0.2, -0.15) is 5.26 Å². The van der Waals surface area contributed by atoms with Gasteiger partial charge in [0.2, 0.25) is 9.84 Å². The maximum absolute atomic E-state index is 13.7. The van der Waals surface area contributed by atoms with Gasteiger partial charge in [-0.25, -0.2) is 17.6 Å². The molecule has 0 saturated heterocycles. The van der Waals surface area contributed by atoms with E-state index in [1.807, 2.05) is 0 Å². The van der Waals surface area contributed by atoms with Crippen LogP contribution < -0.4 is 4.90 Å². The largest absolute Gasteiger partial charge is 0.465 e. The normalized spacial score (nSPS) is 14.9. The Morgan fingerprint density at radius 3 is 2.48 bits per heavy atom. The molecule has 1 aliphatic rings. The highest BCUT2D eigenvalue weighted by Crippen LogP contribution is 2.39. The van der Waals surface area contributed by atoms with Crippen LogP contribution in [-0.2, 0) is 14.6 Å². The molecule has 0 aromatic heterocycles. The van der Waals surface area contributed by atoms with Gasteiger partial charge in [0.05, 0.1) is 23.3 Å². The molecular formula is C17H11FN2O4S. The number of benzene rings is 2. The number of rotatable bonds is 2. The molecule has 3 rings (SSSR count). The fourth-order valence-corrected chi connectivity index (χ4v) is 3.74. The number of halogens is 1. The smallest absolute Gasteiger partial charge is 0.337 e. The Morgan fingerprint density at radius 1 is 1.20 bits per heavy atom. The second-order valence-corrected chi connectivity index (χ2v) is 7.02. The van der Waals surface area contributed by atoms with Crippen LogP contribution in [0.25, 0.3) is 0 Å². The lowest BCUT2D eigenvalue weighted by Crippen LogP contribution is -2.21. The predicted octanol–water partition coefficient (Wildman–Crippen LogP) is 2.90. The summed E-state index contributed by atoms with van der Waals surface area (Å²) >= 11 is 0. The Bertz CT molecular complexity index is 1040. The first kappa shape index (κ1) is 16.7. The number of hydrogen-bond acceptors (Lipinski definition) is 6. The average molecular weight is 358 g/mol. The molecular weight excluding hydrogens is 347 g/mol. The van der Waals surface area contributed by atoms with Gasteiger partial charge >= 0.3 is 5.97 Å². The molecule has 0 spiro atoms. The van der Waals surface area contributed by atoms with Crippen LogP contribution in [0.4, 0.5) is 15.8 Å². The first-order valence-electron chi connectivity index (χ1n) is 7.02. The van der Waals surface area contributed by atoms with Gasteiger partial charge < -0.3 is 9.64 Å². The molecule has 0 atom stereocenters. The number of fused-ring (bicyclic) bond motifs is 1. The standard InChI is InChI=1S/C17H11FN2O4S/c1-24-17(21)11-2-5-13(6-3-11)20-10-14(9-19)25(22,23)16-7-4-12(18)8-15(16)20/h2-8,10H,1H3. The van der Waals surface area contributed by atoms with Crippen LogP contribution in [0.5, 0.6) is 0 Å². The molecule has 25 heavy (non-hydrogen) atoms. The zero-order valence-electron chi connectivity index (χ0n) is 12.9. The summed E-state index contributed by atoms with van der Waals surface area (Å²) in [5.41, 5.74) is 0.854. The fourth-order valence-electron chi connectivity index (χ4n) is 2.46. The summed E-state index contributed by atoms with van der Waals surface area (Å²) in [4.78, 5) is 12.3. The fraction of sp³-hybridized carbons (Fsp3) is 0.0588. The zero-order chi connectivity index (χ0) is 18.2. The quantitative estimate of drug-likeness (QED) is 0.606. The third-order valence-electron chi connectivity index (χ3n) is 3.68. The number of ether oxygens (including phenoxy) is 1. The lowest BCUT2D eigenvalue weighted by atomic mass is 10.2. The molecule has 1 heterocycles. The second kappa shape index (κ2) is 6.03. The van der Waals surface area contributed by atoms with Crippen molar-refractivity contribution >= 4 is 27.2 Å². The third-order valence-corrected chi connectivity index (χ3v) is 5.38. The minimum Gasteiger partial charge on any atom is -0.465 e. The molecule has 0 unspecified atom stereocenters. The summed E-state index contributed by atoms with van der Waals surface area (Å²) in [5, 5.41) is 9.16. The van der Waals surface area contributed by atoms with Gasteiger partial charge in [0, 0.05) is 11.9 Å². The highest BCUT2D eigenvalue weighted by Gasteiger charge is 2.32. The molecule has 2 aromatic carbocycles. The molecule has 0 bridgehead atoms. The molecule has 8 heteroatoms. The number of carbonyl (C=O) groups is 1. The number of nitriles is 1. The van der Waals surface area contributed by atoms with E-state index in [-0.39, 0.29) is 10.6 Å². The Morgan fingerprint density at radius 2 is 1.88 bits per heavy atom. The molecule has 0 aliphatic carbocycles. The molecule has 126 valence electrons. The van der Waals surface area contributed by atoms with Crippen molar-refractivity contribution in [2.24, 2.45) is 0 Å². The van der Waals surface area contributed by atoms with E-state index in [1.54, 1.807) is 18.2 Å². The first-order valence-corrected chi connectivity index (χ1v) is 8.51. The summed E-state index contributed by atoms with van der Waals surface area (Å²) in [7, 11) is -2.74. The van der Waals surface area contributed by atoms with Crippen molar-refractivity contribution in [3.05, 3.63) is 65.0 Å². The first-order chi connectivity index (χ1) is 11.9. The summed E-state index contributed by atoms with van der Waals surface area (Å²) in [5.74, 6) is -1.13. The lowest BCUT2D eigenvalue weighted by Gasteiger charge is -2.27. The lowest BCUT2D eigenvalue weighted by molar-refractivity contribution is 0.0600. The molecule has 0 amide bonds. The second-order valence-electron chi connectivity index (χ2n) is 5.13. The summed E-state index contributed by atoms with van der Waals surface area (Å²) < 4.78 is 43.1. The van der Waals surface area contributed by atoms with E-state index in [9.17, 15) is 17.6 Å². The maximum atomic E-state index is 13.7. The Labute approximate surface area is 143 Å². The number of esters is 1. The summed E-state index contributed by atoms with van der Waals surface area (Å²) in [6.07, 6.45) is 1.13. The molecule has 6 nitrogen and oxygen atoms in total. The van der Waals surface area contributed by atoms with Gasteiger partial charge in [0.15, 0.2) is 4.91 Å². The summed E-state index contributed by atoms with van der Waals surface area (Å²) in [6.45, 7) is 0. The van der Waals surface area contributed by atoms with E-state index in [0.717, 1.165) is 24.4 Å². The van der Waals surface area contributed by atoms with Crippen molar-refractivity contribution in [3.8, 4) is 6.07 Å². The number of nitrogens with zero attached hydrogens (tertiary/aromatic N) is 2. The number of anilines is 2. The van der Waals surface area contributed by atoms with Gasteiger partial charge in [-0.1, -0.05) is 0 Å². The molecule has 0 fully saturated rings. The molecule has 1 aliphatic heterocycles. The number of methoxy groups -OCH3 is 1. The predicted molar refractivity (Wildman–Crippen MR) is 87.2 cm³/mol. The Hall–Kier alpha value is -3.18. The van der Waals surface area contributed by atoms with Crippen LogP contribution in [0, 0.1) is 17.1 Å². The van der Waals surface area contributed by atoms with Gasteiger partial charge in [0.25, 0.3) is 0 Å². The molecule has 0 saturated carbocycles. The maximum Gasteiger partial charge on any atom is 0.337 e. The Kier molecular flexibility index (Phi) is 4.02. The summed E-state index contributed by atoms with van der Waals surface area (Å²) in [6, 6.07) is 10.9. The van der Waals surface area contributed by atoms with Crippen molar-refractivity contribution in [2.75, 3.05) is 12.0 Å². The van der Waals surface area contributed by atoms with E-state index >= 15 is 0 Å². The van der Waals surface area contributed by atoms with Crippen LogP contribution in [0.15, 0.2) is 58.5 Å². The van der Waals surface area contributed by atoms with Gasteiger partial charge in [-0.05, 0) is 42.5 Å². The SMILES string of the molecule is COC(=O)c1ccc(N2C=C(C#N)S(=O)(=O)c3ccc(F)cc32)cc1. The number of carbonyl (C=O) groups excluding carboxylic acids is 1. The van der Waals surface area contributed by atoms with Crippen molar-refractivity contribution in [2.45, 2.75) is 4.90 Å². The van der Waals surface area contributed by atoms with E-state index in [1.165, 1.54) is 24.1 Å². The van der Waals surface area contributed by atoms with Crippen LogP contribution in [0.1, 0.15) is 10.4 Å². The number of sulfone groups is 1. The van der Waals surface area contributed by atoms with E-state index in [2.05, 4.69) is 4.74 Å². The number of allylic oxidation sites excluding steroid dienone is 1. The minimum absolute atomic E-state index is 0.0878. The van der Waals surface area contributed by atoms with Gasteiger partial charge in [-0.15, -0.1) is 0 Å². The van der Waals surface area contributed by atoms with Gasteiger partial charge in [0.1, 0.15) is 11.9 Å². The molecule has 2 aromatic rings. The Balaban J connectivity index is 2.17. The van der Waals surface area contributed by atoms with Crippen molar-refractivity contribution in [1.29, 1.82) is 5.26 Å². The third kappa shape index (κ3) is 2.75. The van der Waals surface area contributed by atoms with Crippen LogP contribution >= 0.6 is 0 Å². The van der Waals surface area contributed by atoms with Gasteiger partial charge in [-0.3, -0.25) is 0 Å². The minimum atomic E-state index is -4.00. The zero-order valence-corrected chi connectivity index (χ0v) is 13.7. The van der Waals surface area contributed by atoms with Crippen molar-refractivity contribution in [3.63, 3.8) is 0 Å². The van der Waals surface area contributed by atoms with Crippen LogP contribution in [0.3, 0.4) is 0 Å². The van der Waals surface area contributed by atoms with E-state index in [4.69, 9.17) is 5.26 Å². The van der Waals surface area contributed by atoms with Crippen LogP contribution in [0.2, 0.25) is 0 Å². The highest BCUT2D eigenvalue weighted by molar-refractivity contribution is 7.95. The van der Waals surface area contributed by atoms with Crippen molar-refractivity contribution in [1.82, 2.24) is 0 Å². The highest BCUT2D eigenvalue weighted by atomic mass is 32.2. The molecule has 0 N–H and O–H groups in total. The van der Waals surface area contributed by atoms with Crippen molar-refractivity contribution < 1.29 is 22.3 Å². The van der Waals surface area contributed by atoms with E-state index in [0.29, 0.717) is 11.3 Å².